The largest absolute Gasteiger partial charge is 0.315 e. The molecule has 2 rings (SSSR count). The number of hydrogen-bond donors (Lipinski definition) is 1. The molecule has 3 heteroatoms. The third-order valence-electron chi connectivity index (χ3n) is 4.26. The molecule has 1 aliphatic carbocycles. The van der Waals surface area contributed by atoms with E-state index in [2.05, 4.69) is 36.0 Å². The first-order chi connectivity index (χ1) is 8.16. The first kappa shape index (κ1) is 13.3. The van der Waals surface area contributed by atoms with Crippen LogP contribution in [0.3, 0.4) is 0 Å². The van der Waals surface area contributed by atoms with E-state index in [1.165, 1.54) is 52.1 Å². The average molecular weight is 239 g/mol. The molecule has 3 nitrogen and oxygen atoms in total. The maximum atomic E-state index is 3.68. The first-order valence-corrected chi connectivity index (χ1v) is 7.30. The Morgan fingerprint density at radius 2 is 1.76 bits per heavy atom. The van der Waals surface area contributed by atoms with Gasteiger partial charge < -0.3 is 10.2 Å². The fourth-order valence-electron chi connectivity index (χ4n) is 2.70. The summed E-state index contributed by atoms with van der Waals surface area (Å²) in [6, 6.07) is 0.724. The normalized spacial score (nSPS) is 25.4. The molecule has 0 aromatic rings. The van der Waals surface area contributed by atoms with Crippen LogP contribution in [0.4, 0.5) is 0 Å². The van der Waals surface area contributed by atoms with Crippen LogP contribution >= 0.6 is 0 Å². The van der Waals surface area contributed by atoms with Crippen molar-refractivity contribution in [3.05, 3.63) is 0 Å². The van der Waals surface area contributed by atoms with E-state index in [-0.39, 0.29) is 0 Å². The lowest BCUT2D eigenvalue weighted by molar-refractivity contribution is 0.0876. The zero-order valence-corrected chi connectivity index (χ0v) is 11.8. The summed E-state index contributed by atoms with van der Waals surface area (Å²) >= 11 is 0. The number of nitrogens with one attached hydrogen (secondary N) is 1. The topological polar surface area (TPSA) is 18.5 Å². The van der Waals surface area contributed by atoms with Gasteiger partial charge in [-0.3, -0.25) is 4.90 Å². The van der Waals surface area contributed by atoms with Gasteiger partial charge in [-0.05, 0) is 38.3 Å². The Balaban J connectivity index is 1.74. The van der Waals surface area contributed by atoms with Gasteiger partial charge in [0.05, 0.1) is 0 Å². The molecule has 17 heavy (non-hydrogen) atoms. The highest BCUT2D eigenvalue weighted by Crippen LogP contribution is 2.27. The Hall–Kier alpha value is -0.120. The van der Waals surface area contributed by atoms with Crippen molar-refractivity contribution in [1.82, 2.24) is 15.1 Å². The number of piperazine rings is 1. The van der Waals surface area contributed by atoms with Crippen molar-refractivity contribution < 1.29 is 0 Å². The fourth-order valence-corrected chi connectivity index (χ4v) is 2.70. The Morgan fingerprint density at radius 1 is 1.12 bits per heavy atom. The molecular formula is C14H29N3. The summed E-state index contributed by atoms with van der Waals surface area (Å²) in [5, 5.41) is 3.68. The van der Waals surface area contributed by atoms with Crippen LogP contribution in [0.15, 0.2) is 0 Å². The molecule has 0 radical (unpaired) electrons. The number of rotatable bonds is 6. The highest BCUT2D eigenvalue weighted by molar-refractivity contribution is 4.83. The molecule has 1 N–H and O–H groups in total. The number of hydrogen-bond acceptors (Lipinski definition) is 3. The van der Waals surface area contributed by atoms with Gasteiger partial charge in [-0.15, -0.1) is 0 Å². The minimum atomic E-state index is 0.724. The summed E-state index contributed by atoms with van der Waals surface area (Å²) < 4.78 is 0. The quantitative estimate of drug-likeness (QED) is 0.753. The van der Waals surface area contributed by atoms with E-state index < -0.39 is 0 Å². The number of likely N-dealkylation sites (N-methyl/N-ethyl adjacent to an activating group) is 1. The highest BCUT2D eigenvalue weighted by atomic mass is 15.3. The lowest BCUT2D eigenvalue weighted by atomic mass is 10.0. The Kier molecular flexibility index (Phi) is 4.83. The van der Waals surface area contributed by atoms with Crippen molar-refractivity contribution >= 4 is 0 Å². The standard InChI is InChI=1S/C14H29N3/c1-12(2)14(11-15-10-13-4-5-13)17-8-6-16(3)7-9-17/h12-15H,4-11H2,1-3H3. The Labute approximate surface area is 107 Å². The van der Waals surface area contributed by atoms with E-state index in [0.29, 0.717) is 0 Å². The van der Waals surface area contributed by atoms with Gasteiger partial charge in [0.1, 0.15) is 0 Å². The predicted molar refractivity (Wildman–Crippen MR) is 73.3 cm³/mol. The van der Waals surface area contributed by atoms with E-state index in [9.17, 15) is 0 Å². The SMILES string of the molecule is CC(C)C(CNCC1CC1)N1CCN(C)CC1. The maximum absolute atomic E-state index is 3.68. The van der Waals surface area contributed by atoms with Gasteiger partial charge in [-0.1, -0.05) is 13.8 Å². The van der Waals surface area contributed by atoms with Crippen molar-refractivity contribution in [3.8, 4) is 0 Å². The van der Waals surface area contributed by atoms with Crippen molar-refractivity contribution in [1.29, 1.82) is 0 Å². The zero-order valence-electron chi connectivity index (χ0n) is 11.8. The average Bonchev–Trinajstić information content (AvgIpc) is 3.09. The zero-order chi connectivity index (χ0) is 12.3. The Morgan fingerprint density at radius 3 is 2.29 bits per heavy atom. The summed E-state index contributed by atoms with van der Waals surface area (Å²) in [4.78, 5) is 5.12. The molecule has 1 heterocycles. The molecule has 1 unspecified atom stereocenters. The van der Waals surface area contributed by atoms with E-state index in [1.54, 1.807) is 0 Å². The van der Waals surface area contributed by atoms with E-state index in [0.717, 1.165) is 17.9 Å². The molecule has 0 bridgehead atoms. The second-order valence-corrected chi connectivity index (χ2v) is 6.25. The number of nitrogens with zero attached hydrogens (tertiary/aromatic N) is 2. The molecule has 1 saturated heterocycles. The minimum absolute atomic E-state index is 0.724. The lowest BCUT2D eigenvalue weighted by Crippen LogP contribution is -2.53. The molecular weight excluding hydrogens is 210 g/mol. The second kappa shape index (κ2) is 6.17. The van der Waals surface area contributed by atoms with Gasteiger partial charge in [0.2, 0.25) is 0 Å². The van der Waals surface area contributed by atoms with Crippen LogP contribution in [-0.2, 0) is 0 Å². The van der Waals surface area contributed by atoms with Crippen LogP contribution in [0.2, 0.25) is 0 Å². The smallest absolute Gasteiger partial charge is 0.0244 e. The molecule has 1 saturated carbocycles. The third kappa shape index (κ3) is 4.23. The molecule has 2 fully saturated rings. The second-order valence-electron chi connectivity index (χ2n) is 6.25. The summed E-state index contributed by atoms with van der Waals surface area (Å²) in [6.45, 7) is 12.1. The van der Waals surface area contributed by atoms with Crippen LogP contribution < -0.4 is 5.32 Å². The van der Waals surface area contributed by atoms with Crippen molar-refractivity contribution in [2.45, 2.75) is 32.7 Å². The van der Waals surface area contributed by atoms with Crippen LogP contribution in [0.25, 0.3) is 0 Å². The summed E-state index contributed by atoms with van der Waals surface area (Å²) in [7, 11) is 2.23. The van der Waals surface area contributed by atoms with E-state index in [4.69, 9.17) is 0 Å². The molecule has 2 aliphatic rings. The summed E-state index contributed by atoms with van der Waals surface area (Å²) in [6.07, 6.45) is 2.90. The molecule has 100 valence electrons. The van der Waals surface area contributed by atoms with Crippen LogP contribution in [0, 0.1) is 11.8 Å². The van der Waals surface area contributed by atoms with Gasteiger partial charge in [-0.2, -0.15) is 0 Å². The lowest BCUT2D eigenvalue weighted by Gasteiger charge is -2.40. The molecule has 0 aromatic heterocycles. The van der Waals surface area contributed by atoms with Gasteiger partial charge in [0, 0.05) is 38.8 Å². The monoisotopic (exact) mass is 239 g/mol. The van der Waals surface area contributed by atoms with Crippen molar-refractivity contribution in [2.75, 3.05) is 46.3 Å². The first-order valence-electron chi connectivity index (χ1n) is 7.30. The molecule has 0 spiro atoms. The highest BCUT2D eigenvalue weighted by Gasteiger charge is 2.26. The van der Waals surface area contributed by atoms with Crippen LogP contribution in [-0.4, -0.2) is 62.2 Å². The van der Waals surface area contributed by atoms with E-state index in [1.807, 2.05) is 0 Å². The van der Waals surface area contributed by atoms with Gasteiger partial charge in [0.15, 0.2) is 0 Å². The summed E-state index contributed by atoms with van der Waals surface area (Å²) in [5.74, 6) is 1.75. The molecule has 0 aromatic carbocycles. The van der Waals surface area contributed by atoms with Gasteiger partial charge in [-0.25, -0.2) is 0 Å². The maximum Gasteiger partial charge on any atom is 0.0244 e. The van der Waals surface area contributed by atoms with Crippen molar-refractivity contribution in [2.24, 2.45) is 11.8 Å². The fraction of sp³-hybridized carbons (Fsp3) is 1.00. The Bertz CT molecular complexity index is 218. The molecule has 1 aliphatic heterocycles. The predicted octanol–water partition coefficient (Wildman–Crippen LogP) is 1.26. The minimum Gasteiger partial charge on any atom is -0.315 e. The van der Waals surface area contributed by atoms with Crippen LogP contribution in [0.1, 0.15) is 26.7 Å². The molecule has 0 amide bonds. The van der Waals surface area contributed by atoms with Crippen LogP contribution in [0.5, 0.6) is 0 Å². The molecule has 1 atom stereocenters. The van der Waals surface area contributed by atoms with Crippen molar-refractivity contribution in [3.63, 3.8) is 0 Å². The van der Waals surface area contributed by atoms with E-state index >= 15 is 0 Å². The third-order valence-corrected chi connectivity index (χ3v) is 4.26. The van der Waals surface area contributed by atoms with Gasteiger partial charge >= 0.3 is 0 Å². The van der Waals surface area contributed by atoms with Gasteiger partial charge in [0.25, 0.3) is 0 Å². The summed E-state index contributed by atoms with van der Waals surface area (Å²) in [5.41, 5.74) is 0.